The van der Waals surface area contributed by atoms with Crippen molar-refractivity contribution in [2.45, 2.75) is 27.7 Å². The summed E-state index contributed by atoms with van der Waals surface area (Å²) in [5, 5.41) is 2.01. The van der Waals surface area contributed by atoms with E-state index in [-0.39, 0.29) is 0 Å². The second kappa shape index (κ2) is 4.92. The first-order valence-electron chi connectivity index (χ1n) is 7.10. The fourth-order valence-corrected chi connectivity index (χ4v) is 3.07. The van der Waals surface area contributed by atoms with Crippen LogP contribution in [0.3, 0.4) is 0 Å². The lowest BCUT2D eigenvalue weighted by atomic mass is 9.95. The number of nitrogens with zero attached hydrogens (tertiary/aromatic N) is 2. The molecule has 1 aromatic carbocycles. The summed E-state index contributed by atoms with van der Waals surface area (Å²) in [5.41, 5.74) is 8.40. The van der Waals surface area contributed by atoms with E-state index in [1.807, 2.05) is 12.1 Å². The van der Waals surface area contributed by atoms with E-state index >= 15 is 0 Å². The molecule has 2 heterocycles. The number of hydrogen-bond donors (Lipinski definition) is 0. The minimum absolute atomic E-state index is 0.763. The Balaban J connectivity index is 2.48. The molecule has 2 aromatic heterocycles. The predicted molar refractivity (Wildman–Crippen MR) is 93.1 cm³/mol. The summed E-state index contributed by atoms with van der Waals surface area (Å²) in [6, 6.07) is 8.07. The molecule has 0 aliphatic heterocycles. The monoisotopic (exact) mass is 296 g/mol. The maximum absolute atomic E-state index is 6.03. The molecule has 0 amide bonds. The third kappa shape index (κ3) is 2.07. The molecule has 2 nitrogen and oxygen atoms in total. The normalized spacial score (nSPS) is 11.3. The molecule has 0 unspecified atom stereocenters. The Morgan fingerprint density at radius 2 is 1.62 bits per heavy atom. The van der Waals surface area contributed by atoms with Gasteiger partial charge in [-0.25, -0.2) is 4.98 Å². The molecule has 0 saturated heterocycles. The fourth-order valence-electron chi connectivity index (χ4n) is 2.95. The molecule has 21 heavy (non-hydrogen) atoms. The molecule has 0 atom stereocenters. The van der Waals surface area contributed by atoms with Crippen LogP contribution in [0.4, 0.5) is 0 Å². The van der Waals surface area contributed by atoms with Gasteiger partial charge in [-0.3, -0.25) is 0 Å². The lowest BCUT2D eigenvalue weighted by molar-refractivity contribution is 1.11. The van der Waals surface area contributed by atoms with Crippen LogP contribution in [0.15, 0.2) is 24.3 Å². The third-order valence-corrected chi connectivity index (χ3v) is 4.79. The van der Waals surface area contributed by atoms with E-state index in [0.29, 0.717) is 0 Å². The molecule has 0 aliphatic carbocycles. The van der Waals surface area contributed by atoms with E-state index in [2.05, 4.69) is 52.3 Å². The van der Waals surface area contributed by atoms with Gasteiger partial charge in [0.25, 0.3) is 0 Å². The van der Waals surface area contributed by atoms with E-state index < -0.39 is 0 Å². The molecule has 3 rings (SSSR count). The van der Waals surface area contributed by atoms with Gasteiger partial charge in [0.1, 0.15) is 5.65 Å². The van der Waals surface area contributed by atoms with Gasteiger partial charge in [0, 0.05) is 21.8 Å². The van der Waals surface area contributed by atoms with Crippen LogP contribution >= 0.6 is 11.6 Å². The molecule has 0 N–H and O–H groups in total. The third-order valence-electron chi connectivity index (χ3n) is 4.54. The van der Waals surface area contributed by atoms with Crippen molar-refractivity contribution in [2.75, 3.05) is 0 Å². The van der Waals surface area contributed by atoms with Crippen LogP contribution in [0.25, 0.3) is 22.2 Å². The van der Waals surface area contributed by atoms with Crippen LogP contribution < -0.4 is 0 Å². The summed E-state index contributed by atoms with van der Waals surface area (Å²) in [5.74, 6) is 0. The summed E-state index contributed by atoms with van der Waals surface area (Å²) < 4.78 is 2.18. The van der Waals surface area contributed by atoms with Crippen molar-refractivity contribution in [3.63, 3.8) is 0 Å². The molecule has 0 spiro atoms. The number of benzene rings is 1. The van der Waals surface area contributed by atoms with Crippen molar-refractivity contribution in [2.24, 2.45) is 0 Å². The summed E-state index contributed by atoms with van der Waals surface area (Å²) in [4.78, 5) is 4.80. The first kappa shape index (κ1) is 14.2. The topological polar surface area (TPSA) is 17.8 Å². The van der Waals surface area contributed by atoms with Gasteiger partial charge >= 0.3 is 0 Å². The van der Waals surface area contributed by atoms with E-state index in [1.54, 1.807) is 0 Å². The highest BCUT2D eigenvalue weighted by Crippen LogP contribution is 2.36. The van der Waals surface area contributed by atoms with Crippen molar-refractivity contribution in [1.82, 2.24) is 9.46 Å². The van der Waals surface area contributed by atoms with Crippen molar-refractivity contribution >= 4 is 30.6 Å². The maximum atomic E-state index is 6.03. The highest BCUT2D eigenvalue weighted by atomic mass is 35.5. The molecule has 106 valence electrons. The van der Waals surface area contributed by atoms with Crippen LogP contribution in [-0.2, 0) is 0 Å². The van der Waals surface area contributed by atoms with Crippen LogP contribution in [0, 0.1) is 27.7 Å². The quantitative estimate of drug-likeness (QED) is 0.621. The minimum Gasteiger partial charge on any atom is -0.382 e. The first-order valence-corrected chi connectivity index (χ1v) is 7.48. The highest BCUT2D eigenvalue weighted by molar-refractivity contribution is 6.30. The maximum Gasteiger partial charge on any atom is 0.225 e. The smallest absolute Gasteiger partial charge is 0.225 e. The molecule has 4 heteroatoms. The van der Waals surface area contributed by atoms with Gasteiger partial charge in [0.05, 0.1) is 0 Å². The largest absolute Gasteiger partial charge is 0.382 e. The standard InChI is InChI=1S/C17H18BClN2/c1-9-11(3)20-17-16(10(2)12(4)21(17)18)15(9)13-5-7-14(19)8-6-13/h5-8H,18H2,1-4H3. The molecule has 3 aromatic rings. The van der Waals surface area contributed by atoms with Crippen molar-refractivity contribution in [3.8, 4) is 11.1 Å². The second-order valence-corrected chi connectivity index (χ2v) is 6.11. The SMILES string of the molecule is Bn1c(C)c(C)c2c(-c3ccc(Cl)cc3)c(C)c(C)nc21. The fraction of sp³-hybridized carbons (Fsp3) is 0.235. The van der Waals surface area contributed by atoms with Crippen molar-refractivity contribution in [3.05, 3.63) is 51.8 Å². The van der Waals surface area contributed by atoms with Gasteiger partial charge in [-0.1, -0.05) is 23.7 Å². The summed E-state index contributed by atoms with van der Waals surface area (Å²) in [7, 11) is 2.08. The Morgan fingerprint density at radius 3 is 2.24 bits per heavy atom. The number of rotatable bonds is 1. The number of aromatic nitrogens is 2. The number of hydrogen-bond acceptors (Lipinski definition) is 1. The van der Waals surface area contributed by atoms with Gasteiger partial charge in [0.15, 0.2) is 0 Å². The Hall–Kier alpha value is -1.74. The Labute approximate surface area is 131 Å². The van der Waals surface area contributed by atoms with Crippen molar-refractivity contribution < 1.29 is 0 Å². The second-order valence-electron chi connectivity index (χ2n) is 5.67. The average Bonchev–Trinajstić information content (AvgIpc) is 2.67. The number of halogens is 1. The molecule has 0 bridgehead atoms. The molecule has 0 fully saturated rings. The van der Waals surface area contributed by atoms with Crippen LogP contribution in [0.2, 0.25) is 5.02 Å². The molecule has 0 aliphatic rings. The average molecular weight is 297 g/mol. The zero-order chi connectivity index (χ0) is 15.3. The van der Waals surface area contributed by atoms with E-state index in [1.165, 1.54) is 33.3 Å². The summed E-state index contributed by atoms with van der Waals surface area (Å²) >= 11 is 6.03. The number of pyridine rings is 1. The zero-order valence-corrected chi connectivity index (χ0v) is 13.8. The number of aryl methyl sites for hydroxylation is 2. The Bertz CT molecular complexity index is 848. The zero-order valence-electron chi connectivity index (χ0n) is 13.1. The lowest BCUT2D eigenvalue weighted by Gasteiger charge is -2.12. The van der Waals surface area contributed by atoms with E-state index in [9.17, 15) is 0 Å². The van der Waals surface area contributed by atoms with Gasteiger partial charge < -0.3 is 4.48 Å². The van der Waals surface area contributed by atoms with Crippen molar-refractivity contribution in [1.29, 1.82) is 0 Å². The number of fused-ring (bicyclic) bond motifs is 1. The molecule has 0 radical (unpaired) electrons. The molecule has 0 saturated carbocycles. The minimum atomic E-state index is 0.763. The molecular formula is C17H18BClN2. The van der Waals surface area contributed by atoms with Gasteiger partial charge in [-0.05, 0) is 62.1 Å². The Morgan fingerprint density at radius 1 is 1.00 bits per heavy atom. The van der Waals surface area contributed by atoms with Crippen LogP contribution in [-0.4, -0.2) is 17.4 Å². The van der Waals surface area contributed by atoms with Gasteiger partial charge in [0.2, 0.25) is 7.98 Å². The highest BCUT2D eigenvalue weighted by Gasteiger charge is 2.18. The molecular weight excluding hydrogens is 278 g/mol. The van der Waals surface area contributed by atoms with Gasteiger partial charge in [-0.2, -0.15) is 0 Å². The van der Waals surface area contributed by atoms with Gasteiger partial charge in [-0.15, -0.1) is 0 Å². The summed E-state index contributed by atoms with van der Waals surface area (Å²) in [6.45, 7) is 8.54. The first-order chi connectivity index (χ1) is 9.91. The van der Waals surface area contributed by atoms with Crippen LogP contribution in [0.1, 0.15) is 22.5 Å². The predicted octanol–water partition coefficient (Wildman–Crippen LogP) is 3.99. The lowest BCUT2D eigenvalue weighted by Crippen LogP contribution is -1.99. The Kier molecular flexibility index (Phi) is 3.33. The van der Waals surface area contributed by atoms with Crippen LogP contribution in [0.5, 0.6) is 0 Å². The van der Waals surface area contributed by atoms with E-state index in [0.717, 1.165) is 16.4 Å². The summed E-state index contributed by atoms with van der Waals surface area (Å²) in [6.07, 6.45) is 0. The van der Waals surface area contributed by atoms with E-state index in [4.69, 9.17) is 16.6 Å².